The number of carbonyl (C=O) groups is 1. The molecule has 11 heteroatoms. The average molecular weight is 581 g/mol. The third-order valence-electron chi connectivity index (χ3n) is 6.87. The molecule has 1 aliphatic heterocycles. The van der Waals surface area contributed by atoms with Crippen LogP contribution in [0.3, 0.4) is 0 Å². The lowest BCUT2D eigenvalue weighted by atomic mass is 10.0. The zero-order valence-electron chi connectivity index (χ0n) is 22.6. The maximum Gasteiger partial charge on any atom is 0.262 e. The number of nitrogens with one attached hydrogen (secondary N) is 1. The molecule has 2 heterocycles. The summed E-state index contributed by atoms with van der Waals surface area (Å²) in [5.74, 6) is -0.0649. The first kappa shape index (κ1) is 28.5. The van der Waals surface area contributed by atoms with Crippen molar-refractivity contribution in [1.29, 1.82) is 0 Å². The molecule has 0 atom stereocenters. The molecule has 3 aromatic carbocycles. The summed E-state index contributed by atoms with van der Waals surface area (Å²) in [5, 5.41) is 3.06. The van der Waals surface area contributed by atoms with Gasteiger partial charge in [-0.3, -0.25) is 9.59 Å². The molecular formula is C30H29FN2O7S. The number of benzene rings is 3. The molecule has 0 saturated carbocycles. The minimum atomic E-state index is -3.64. The van der Waals surface area contributed by atoms with E-state index in [9.17, 15) is 22.4 Å². The molecule has 9 nitrogen and oxygen atoms in total. The van der Waals surface area contributed by atoms with Gasteiger partial charge < -0.3 is 19.2 Å². The second-order valence-corrected chi connectivity index (χ2v) is 11.5. The van der Waals surface area contributed by atoms with Gasteiger partial charge in [0.15, 0.2) is 6.61 Å². The molecule has 1 aromatic heterocycles. The molecule has 0 bridgehead atoms. The lowest BCUT2D eigenvalue weighted by molar-refractivity contribution is -0.118. The minimum absolute atomic E-state index is 0.136. The van der Waals surface area contributed by atoms with Gasteiger partial charge in [-0.15, -0.1) is 0 Å². The van der Waals surface area contributed by atoms with Crippen LogP contribution in [0.5, 0.6) is 5.75 Å². The van der Waals surface area contributed by atoms with E-state index in [1.165, 1.54) is 52.8 Å². The SMILES string of the molecule is CCc1cc2c(=O)c(-c3ccc(F)cc3)c(C)oc2cc1OCC(=O)Nc1ccc(S(=O)(=O)N2CCOCC2)cc1. The maximum absolute atomic E-state index is 13.4. The predicted octanol–water partition coefficient (Wildman–Crippen LogP) is 4.51. The highest BCUT2D eigenvalue weighted by Gasteiger charge is 2.26. The molecule has 41 heavy (non-hydrogen) atoms. The number of nitrogens with zero attached hydrogens (tertiary/aromatic N) is 1. The summed E-state index contributed by atoms with van der Waals surface area (Å²) in [5.41, 5.74) is 2.11. The highest BCUT2D eigenvalue weighted by Crippen LogP contribution is 2.30. The zero-order chi connectivity index (χ0) is 29.1. The van der Waals surface area contributed by atoms with Crippen LogP contribution in [0, 0.1) is 12.7 Å². The first-order valence-electron chi connectivity index (χ1n) is 13.1. The summed E-state index contributed by atoms with van der Waals surface area (Å²) < 4.78 is 57.4. The molecule has 1 aliphatic rings. The molecule has 214 valence electrons. The van der Waals surface area contributed by atoms with Crippen LogP contribution in [0.1, 0.15) is 18.2 Å². The maximum atomic E-state index is 13.4. The molecule has 1 saturated heterocycles. The number of sulfonamides is 1. The lowest BCUT2D eigenvalue weighted by Crippen LogP contribution is -2.40. The van der Waals surface area contributed by atoms with Gasteiger partial charge in [0.1, 0.15) is 22.9 Å². The van der Waals surface area contributed by atoms with E-state index in [0.29, 0.717) is 77.6 Å². The van der Waals surface area contributed by atoms with Crippen LogP contribution in [0.4, 0.5) is 10.1 Å². The molecule has 0 radical (unpaired) electrons. The van der Waals surface area contributed by atoms with E-state index >= 15 is 0 Å². The monoisotopic (exact) mass is 580 g/mol. The Labute approximate surface area is 236 Å². The van der Waals surface area contributed by atoms with Crippen molar-refractivity contribution in [3.63, 3.8) is 0 Å². The van der Waals surface area contributed by atoms with Gasteiger partial charge >= 0.3 is 0 Å². The fraction of sp³-hybridized carbons (Fsp3) is 0.267. The van der Waals surface area contributed by atoms with Gasteiger partial charge in [-0.2, -0.15) is 4.31 Å². The molecule has 1 amide bonds. The van der Waals surface area contributed by atoms with Crippen LogP contribution in [0.2, 0.25) is 0 Å². The summed E-state index contributed by atoms with van der Waals surface area (Å²) in [6.45, 7) is 4.55. The largest absolute Gasteiger partial charge is 0.483 e. The van der Waals surface area contributed by atoms with Crippen LogP contribution in [0.15, 0.2) is 74.8 Å². The molecule has 0 aliphatic carbocycles. The number of rotatable bonds is 8. The Morgan fingerprint density at radius 3 is 2.39 bits per heavy atom. The Hall–Kier alpha value is -4.06. The second kappa shape index (κ2) is 11.8. The Kier molecular flexibility index (Phi) is 8.20. The van der Waals surface area contributed by atoms with Crippen molar-refractivity contribution >= 4 is 32.6 Å². The molecular weight excluding hydrogens is 551 g/mol. The summed E-state index contributed by atoms with van der Waals surface area (Å²) in [4.78, 5) is 26.1. The van der Waals surface area contributed by atoms with Crippen molar-refractivity contribution in [2.24, 2.45) is 0 Å². The second-order valence-electron chi connectivity index (χ2n) is 9.56. The Morgan fingerprint density at radius 1 is 1.05 bits per heavy atom. The Balaban J connectivity index is 1.30. The van der Waals surface area contributed by atoms with Gasteiger partial charge in [-0.25, -0.2) is 12.8 Å². The quantitative estimate of drug-likeness (QED) is 0.326. The highest BCUT2D eigenvalue weighted by molar-refractivity contribution is 7.89. The van der Waals surface area contributed by atoms with Gasteiger partial charge in [0.25, 0.3) is 5.91 Å². The molecule has 4 aromatic rings. The van der Waals surface area contributed by atoms with Crippen LogP contribution in [-0.4, -0.2) is 51.5 Å². The number of fused-ring (bicyclic) bond motifs is 1. The molecule has 0 spiro atoms. The number of hydrogen-bond acceptors (Lipinski definition) is 7. The molecule has 1 N–H and O–H groups in total. The number of aryl methyl sites for hydroxylation is 2. The highest BCUT2D eigenvalue weighted by atomic mass is 32.2. The zero-order valence-corrected chi connectivity index (χ0v) is 23.4. The molecule has 1 fully saturated rings. The van der Waals surface area contributed by atoms with Gasteiger partial charge in [0, 0.05) is 24.8 Å². The topological polar surface area (TPSA) is 115 Å². The van der Waals surface area contributed by atoms with E-state index in [-0.39, 0.29) is 16.9 Å². The standard InChI is InChI=1S/C30H29FN2O7S/c1-3-20-16-25-27(40-19(2)29(30(25)35)21-4-6-22(31)7-5-21)17-26(20)39-18-28(34)32-23-8-10-24(11-9-23)41(36,37)33-12-14-38-15-13-33/h4-11,16-17H,3,12-15,18H2,1-2H3,(H,32,34). The number of halogens is 1. The van der Waals surface area contributed by atoms with Crippen LogP contribution < -0.4 is 15.5 Å². The molecule has 5 rings (SSSR count). The van der Waals surface area contributed by atoms with Gasteiger partial charge in [0.2, 0.25) is 15.5 Å². The number of anilines is 1. The van der Waals surface area contributed by atoms with Crippen molar-refractivity contribution in [3.8, 4) is 16.9 Å². The van der Waals surface area contributed by atoms with Gasteiger partial charge in [-0.1, -0.05) is 19.1 Å². The number of carbonyl (C=O) groups excluding carboxylic acids is 1. The van der Waals surface area contributed by atoms with E-state index in [1.54, 1.807) is 19.1 Å². The number of amides is 1. The van der Waals surface area contributed by atoms with Crippen LogP contribution in [0.25, 0.3) is 22.1 Å². The Bertz CT molecular complexity index is 1750. The summed E-state index contributed by atoms with van der Waals surface area (Å²) in [6.07, 6.45) is 0.533. The van der Waals surface area contributed by atoms with Crippen molar-refractivity contribution < 1.29 is 31.5 Å². The Morgan fingerprint density at radius 2 is 1.73 bits per heavy atom. The first-order valence-corrected chi connectivity index (χ1v) is 14.6. The number of morpholine rings is 1. The van der Waals surface area contributed by atoms with Crippen molar-refractivity contribution in [3.05, 3.63) is 88.0 Å². The predicted molar refractivity (Wildman–Crippen MR) is 152 cm³/mol. The fourth-order valence-electron chi connectivity index (χ4n) is 4.73. The van der Waals surface area contributed by atoms with Gasteiger partial charge in [0.05, 0.1) is 29.1 Å². The van der Waals surface area contributed by atoms with Crippen molar-refractivity contribution in [2.45, 2.75) is 25.2 Å². The number of ether oxygens (including phenoxy) is 2. The fourth-order valence-corrected chi connectivity index (χ4v) is 6.13. The van der Waals surface area contributed by atoms with E-state index in [2.05, 4.69) is 5.32 Å². The van der Waals surface area contributed by atoms with Crippen molar-refractivity contribution in [2.75, 3.05) is 38.2 Å². The third kappa shape index (κ3) is 6.02. The van der Waals surface area contributed by atoms with E-state index in [4.69, 9.17) is 13.9 Å². The van der Waals surface area contributed by atoms with E-state index in [0.717, 1.165) is 0 Å². The first-order chi connectivity index (χ1) is 19.7. The van der Waals surface area contributed by atoms with E-state index in [1.807, 2.05) is 6.92 Å². The van der Waals surface area contributed by atoms with Crippen molar-refractivity contribution in [1.82, 2.24) is 4.31 Å². The van der Waals surface area contributed by atoms with E-state index < -0.39 is 21.7 Å². The van der Waals surface area contributed by atoms with Gasteiger partial charge in [-0.05, 0) is 66.9 Å². The smallest absolute Gasteiger partial charge is 0.262 e. The molecule has 0 unspecified atom stereocenters. The normalized spacial score (nSPS) is 14.2. The number of hydrogen-bond donors (Lipinski definition) is 1. The third-order valence-corrected chi connectivity index (χ3v) is 8.78. The minimum Gasteiger partial charge on any atom is -0.483 e. The summed E-state index contributed by atoms with van der Waals surface area (Å²) in [7, 11) is -3.64. The lowest BCUT2D eigenvalue weighted by Gasteiger charge is -2.26. The summed E-state index contributed by atoms with van der Waals surface area (Å²) in [6, 6.07) is 14.9. The van der Waals surface area contributed by atoms with Crippen LogP contribution >= 0.6 is 0 Å². The summed E-state index contributed by atoms with van der Waals surface area (Å²) >= 11 is 0. The van der Waals surface area contributed by atoms with Crippen LogP contribution in [-0.2, 0) is 26.0 Å². The average Bonchev–Trinajstić information content (AvgIpc) is 2.97.